The lowest BCUT2D eigenvalue weighted by atomic mass is 10.2. The molecule has 0 atom stereocenters. The minimum absolute atomic E-state index is 0.0330. The molecule has 0 saturated carbocycles. The van der Waals surface area contributed by atoms with Crippen molar-refractivity contribution in [3.63, 3.8) is 0 Å². The van der Waals surface area contributed by atoms with Crippen molar-refractivity contribution in [1.82, 2.24) is 14.3 Å². The number of nitrogens with one attached hydrogen (secondary N) is 1. The SMILES string of the molecule is Cc1cc(=O)n(C)cc1NS(=O)(=O)c1cnn(-c2ccccc2Cl)c1C. The summed E-state index contributed by atoms with van der Waals surface area (Å²) >= 11 is 6.18. The van der Waals surface area contributed by atoms with Gasteiger partial charge < -0.3 is 4.57 Å². The summed E-state index contributed by atoms with van der Waals surface area (Å²) in [5, 5.41) is 4.63. The lowest BCUT2D eigenvalue weighted by Gasteiger charge is -2.12. The molecular weight excluding hydrogens is 376 g/mol. The first-order valence-corrected chi connectivity index (χ1v) is 9.56. The highest BCUT2D eigenvalue weighted by molar-refractivity contribution is 7.92. The molecule has 0 saturated heterocycles. The zero-order chi connectivity index (χ0) is 19.1. The molecule has 0 spiro atoms. The van der Waals surface area contributed by atoms with Crippen molar-refractivity contribution in [3.05, 3.63) is 69.4 Å². The fraction of sp³-hybridized carbons (Fsp3) is 0.176. The average molecular weight is 393 g/mol. The molecule has 9 heteroatoms. The molecule has 0 aliphatic carbocycles. The summed E-state index contributed by atoms with van der Waals surface area (Å²) < 4.78 is 30.9. The lowest BCUT2D eigenvalue weighted by molar-refractivity contribution is 0.600. The van der Waals surface area contributed by atoms with Gasteiger partial charge in [0.1, 0.15) is 4.90 Å². The second kappa shape index (κ2) is 6.62. The predicted octanol–water partition coefficient (Wildman–Crippen LogP) is 2.64. The first kappa shape index (κ1) is 18.2. The summed E-state index contributed by atoms with van der Waals surface area (Å²) in [5.74, 6) is 0. The Morgan fingerprint density at radius 3 is 2.58 bits per heavy atom. The van der Waals surface area contributed by atoms with Crippen LogP contribution in [0.5, 0.6) is 0 Å². The van der Waals surface area contributed by atoms with Crippen LogP contribution in [0.1, 0.15) is 11.3 Å². The van der Waals surface area contributed by atoms with Crippen LogP contribution in [-0.2, 0) is 17.1 Å². The van der Waals surface area contributed by atoms with Gasteiger partial charge in [0.2, 0.25) is 0 Å². The summed E-state index contributed by atoms with van der Waals surface area (Å²) in [5.41, 5.74) is 1.66. The Balaban J connectivity index is 2.03. The highest BCUT2D eigenvalue weighted by atomic mass is 35.5. The van der Waals surface area contributed by atoms with Crippen LogP contribution in [0.15, 0.2) is 52.4 Å². The first-order chi connectivity index (χ1) is 12.2. The Bertz CT molecular complexity index is 1150. The predicted molar refractivity (Wildman–Crippen MR) is 101 cm³/mol. The number of hydrogen-bond acceptors (Lipinski definition) is 4. The molecule has 0 radical (unpaired) electrons. The van der Waals surface area contributed by atoms with Crippen LogP contribution in [0.4, 0.5) is 5.69 Å². The van der Waals surface area contributed by atoms with Gasteiger partial charge in [0.15, 0.2) is 0 Å². The van der Waals surface area contributed by atoms with Gasteiger partial charge in [-0.1, -0.05) is 23.7 Å². The quantitative estimate of drug-likeness (QED) is 0.739. The molecule has 3 aromatic rings. The van der Waals surface area contributed by atoms with Crippen molar-refractivity contribution in [3.8, 4) is 5.69 Å². The first-order valence-electron chi connectivity index (χ1n) is 7.70. The van der Waals surface area contributed by atoms with Gasteiger partial charge in [0, 0.05) is 19.3 Å². The van der Waals surface area contributed by atoms with Crippen molar-refractivity contribution in [2.24, 2.45) is 7.05 Å². The minimum atomic E-state index is -3.89. The van der Waals surface area contributed by atoms with E-state index in [-0.39, 0.29) is 10.5 Å². The van der Waals surface area contributed by atoms with Gasteiger partial charge in [0.25, 0.3) is 15.6 Å². The van der Waals surface area contributed by atoms with Crippen LogP contribution < -0.4 is 10.3 Å². The lowest BCUT2D eigenvalue weighted by Crippen LogP contribution is -2.20. The van der Waals surface area contributed by atoms with E-state index in [1.165, 1.54) is 27.7 Å². The van der Waals surface area contributed by atoms with Gasteiger partial charge in [-0.15, -0.1) is 0 Å². The largest absolute Gasteiger partial charge is 0.316 e. The molecule has 1 aromatic carbocycles. The second-order valence-electron chi connectivity index (χ2n) is 5.88. The number of hydrogen-bond donors (Lipinski definition) is 1. The molecule has 26 heavy (non-hydrogen) atoms. The van der Waals surface area contributed by atoms with Gasteiger partial charge in [-0.2, -0.15) is 5.10 Å². The summed E-state index contributed by atoms with van der Waals surface area (Å²) in [4.78, 5) is 11.7. The molecule has 0 fully saturated rings. The number of benzene rings is 1. The molecule has 1 N–H and O–H groups in total. The summed E-state index contributed by atoms with van der Waals surface area (Å²) in [6.07, 6.45) is 2.72. The Morgan fingerprint density at radius 1 is 1.19 bits per heavy atom. The van der Waals surface area contributed by atoms with Crippen LogP contribution in [0.2, 0.25) is 5.02 Å². The van der Waals surface area contributed by atoms with Crippen LogP contribution in [0.25, 0.3) is 5.69 Å². The fourth-order valence-electron chi connectivity index (χ4n) is 2.56. The maximum absolute atomic E-state index is 12.8. The third-order valence-electron chi connectivity index (χ3n) is 4.01. The zero-order valence-electron chi connectivity index (χ0n) is 14.4. The number of halogens is 1. The molecule has 0 amide bonds. The monoisotopic (exact) mass is 392 g/mol. The normalized spacial score (nSPS) is 11.5. The highest BCUT2D eigenvalue weighted by Gasteiger charge is 2.23. The van der Waals surface area contributed by atoms with Crippen LogP contribution in [-0.4, -0.2) is 22.8 Å². The van der Waals surface area contributed by atoms with Crippen molar-refractivity contribution in [1.29, 1.82) is 0 Å². The number of aromatic nitrogens is 3. The van der Waals surface area contributed by atoms with E-state index < -0.39 is 10.0 Å². The van der Waals surface area contributed by atoms with E-state index in [0.29, 0.717) is 27.7 Å². The smallest absolute Gasteiger partial charge is 0.265 e. The van der Waals surface area contributed by atoms with Gasteiger partial charge >= 0.3 is 0 Å². The summed E-state index contributed by atoms with van der Waals surface area (Å²) in [6, 6.07) is 8.41. The maximum atomic E-state index is 12.8. The molecule has 3 rings (SSSR count). The molecule has 7 nitrogen and oxygen atoms in total. The van der Waals surface area contributed by atoms with E-state index in [4.69, 9.17) is 11.6 Å². The Hall–Kier alpha value is -2.58. The third kappa shape index (κ3) is 3.25. The Kier molecular flexibility index (Phi) is 4.64. The third-order valence-corrected chi connectivity index (χ3v) is 5.80. The molecule has 0 aliphatic heterocycles. The van der Waals surface area contributed by atoms with E-state index in [9.17, 15) is 13.2 Å². The van der Waals surface area contributed by atoms with Gasteiger partial charge in [-0.05, 0) is 31.5 Å². The van der Waals surface area contributed by atoms with Crippen molar-refractivity contribution in [2.75, 3.05) is 4.72 Å². The number of aryl methyl sites for hydroxylation is 2. The fourth-order valence-corrected chi connectivity index (χ4v) is 4.05. The Morgan fingerprint density at radius 2 is 1.88 bits per heavy atom. The van der Waals surface area contributed by atoms with E-state index in [2.05, 4.69) is 9.82 Å². The molecule has 2 aromatic heterocycles. The Labute approximate surface area is 155 Å². The van der Waals surface area contributed by atoms with E-state index in [1.54, 1.807) is 45.2 Å². The number of sulfonamides is 1. The summed E-state index contributed by atoms with van der Waals surface area (Å²) in [6.45, 7) is 3.32. The zero-order valence-corrected chi connectivity index (χ0v) is 16.0. The van der Waals surface area contributed by atoms with Crippen LogP contribution >= 0.6 is 11.6 Å². The molecule has 0 bridgehead atoms. The molecule has 0 unspecified atom stereocenters. The average Bonchev–Trinajstić information content (AvgIpc) is 2.95. The van der Waals surface area contributed by atoms with Crippen molar-refractivity contribution < 1.29 is 8.42 Å². The minimum Gasteiger partial charge on any atom is -0.316 e. The van der Waals surface area contributed by atoms with Gasteiger partial charge in [-0.3, -0.25) is 9.52 Å². The number of pyridine rings is 1. The topological polar surface area (TPSA) is 86.0 Å². The summed E-state index contributed by atoms with van der Waals surface area (Å²) in [7, 11) is -2.33. The van der Waals surface area contributed by atoms with Crippen LogP contribution in [0, 0.1) is 13.8 Å². The number of anilines is 1. The van der Waals surface area contributed by atoms with Crippen molar-refractivity contribution in [2.45, 2.75) is 18.7 Å². The van der Waals surface area contributed by atoms with E-state index in [1.807, 2.05) is 0 Å². The van der Waals surface area contributed by atoms with E-state index in [0.717, 1.165) is 0 Å². The molecule has 2 heterocycles. The molecule has 136 valence electrons. The number of para-hydroxylation sites is 1. The molecule has 0 aliphatic rings. The van der Waals surface area contributed by atoms with Gasteiger partial charge in [0.05, 0.1) is 28.3 Å². The number of rotatable bonds is 4. The number of nitrogens with zero attached hydrogens (tertiary/aromatic N) is 3. The maximum Gasteiger partial charge on any atom is 0.265 e. The van der Waals surface area contributed by atoms with Crippen LogP contribution in [0.3, 0.4) is 0 Å². The second-order valence-corrected chi connectivity index (χ2v) is 7.94. The highest BCUT2D eigenvalue weighted by Crippen LogP contribution is 2.25. The van der Waals surface area contributed by atoms with E-state index >= 15 is 0 Å². The van der Waals surface area contributed by atoms with Crippen molar-refractivity contribution >= 4 is 27.3 Å². The molecular formula is C17H17ClN4O3S. The van der Waals surface area contributed by atoms with Gasteiger partial charge in [-0.25, -0.2) is 13.1 Å². The standard InChI is InChI=1S/C17H17ClN4O3S/c1-11-8-17(23)21(3)10-14(11)20-26(24,25)16-9-19-22(12(16)2)15-7-5-4-6-13(15)18/h4-10,20H,1-3H3.